The SMILES string of the molecule is CCOC(c1nc(=S)c(Br)c(COC)[nH]1)C(C)(C)C. The maximum absolute atomic E-state index is 5.82. The average Bonchev–Trinajstić information content (AvgIpc) is 2.30. The van der Waals surface area contributed by atoms with Gasteiger partial charge in [-0.2, -0.15) is 0 Å². The molecule has 1 aromatic rings. The molecule has 1 heterocycles. The van der Waals surface area contributed by atoms with Crippen molar-refractivity contribution >= 4 is 28.1 Å². The van der Waals surface area contributed by atoms with E-state index in [9.17, 15) is 0 Å². The fourth-order valence-electron chi connectivity index (χ4n) is 1.80. The van der Waals surface area contributed by atoms with E-state index < -0.39 is 0 Å². The molecule has 0 fully saturated rings. The van der Waals surface area contributed by atoms with Gasteiger partial charge in [0.05, 0.1) is 16.8 Å². The van der Waals surface area contributed by atoms with Crippen LogP contribution in [0.1, 0.15) is 45.3 Å². The van der Waals surface area contributed by atoms with Crippen LogP contribution >= 0.6 is 28.1 Å². The lowest BCUT2D eigenvalue weighted by molar-refractivity contribution is -0.0195. The molecule has 1 atom stereocenters. The molecule has 108 valence electrons. The third kappa shape index (κ3) is 4.34. The molecule has 1 unspecified atom stereocenters. The number of nitrogens with zero attached hydrogens (tertiary/aromatic N) is 1. The highest BCUT2D eigenvalue weighted by atomic mass is 79.9. The fourth-order valence-corrected chi connectivity index (χ4v) is 2.32. The number of nitrogens with one attached hydrogen (secondary N) is 1. The molecule has 0 amide bonds. The van der Waals surface area contributed by atoms with Crippen molar-refractivity contribution in [1.29, 1.82) is 0 Å². The van der Waals surface area contributed by atoms with Gasteiger partial charge in [0.25, 0.3) is 0 Å². The van der Waals surface area contributed by atoms with Crippen molar-refractivity contribution < 1.29 is 9.47 Å². The van der Waals surface area contributed by atoms with Gasteiger partial charge in [0.1, 0.15) is 16.6 Å². The number of ether oxygens (including phenoxy) is 2. The highest BCUT2D eigenvalue weighted by molar-refractivity contribution is 9.10. The lowest BCUT2D eigenvalue weighted by atomic mass is 9.88. The normalized spacial score (nSPS) is 13.6. The highest BCUT2D eigenvalue weighted by Gasteiger charge is 2.29. The van der Waals surface area contributed by atoms with Crippen LogP contribution in [0.5, 0.6) is 0 Å². The number of hydrogen-bond acceptors (Lipinski definition) is 4. The third-order valence-electron chi connectivity index (χ3n) is 2.61. The van der Waals surface area contributed by atoms with Crippen LogP contribution in [0.15, 0.2) is 4.47 Å². The second-order valence-electron chi connectivity index (χ2n) is 5.35. The van der Waals surface area contributed by atoms with Crippen LogP contribution < -0.4 is 0 Å². The predicted octanol–water partition coefficient (Wildman–Crippen LogP) is 4.17. The van der Waals surface area contributed by atoms with Crippen LogP contribution in [0.4, 0.5) is 0 Å². The van der Waals surface area contributed by atoms with E-state index >= 15 is 0 Å². The predicted molar refractivity (Wildman–Crippen MR) is 81.7 cm³/mol. The zero-order valence-corrected chi connectivity index (χ0v) is 14.4. The van der Waals surface area contributed by atoms with Crippen molar-refractivity contribution in [3.8, 4) is 0 Å². The lowest BCUT2D eigenvalue weighted by Gasteiger charge is -2.29. The van der Waals surface area contributed by atoms with Crippen molar-refractivity contribution in [2.24, 2.45) is 5.41 Å². The summed E-state index contributed by atoms with van der Waals surface area (Å²) in [6, 6.07) is 0. The van der Waals surface area contributed by atoms with Gasteiger partial charge in [-0.15, -0.1) is 0 Å². The number of methoxy groups -OCH3 is 1. The molecule has 0 aliphatic heterocycles. The molecule has 0 saturated carbocycles. The molecule has 0 aliphatic carbocycles. The van der Waals surface area contributed by atoms with Gasteiger partial charge >= 0.3 is 0 Å². The molecule has 0 radical (unpaired) electrons. The standard InChI is InChI=1S/C13H21BrN2O2S/c1-6-18-10(13(2,3)4)11-15-8(7-17-5)9(14)12(19)16-11/h10H,6-7H2,1-5H3,(H,15,16,19). The topological polar surface area (TPSA) is 47.1 Å². The molecule has 0 aromatic carbocycles. The quantitative estimate of drug-likeness (QED) is 0.811. The summed E-state index contributed by atoms with van der Waals surface area (Å²) in [5, 5.41) is 0. The Kier molecular flexibility index (Phi) is 6.11. The Hall–Kier alpha value is -0.300. The second kappa shape index (κ2) is 6.92. The number of hydrogen-bond donors (Lipinski definition) is 1. The van der Waals surface area contributed by atoms with E-state index in [4.69, 9.17) is 21.7 Å². The van der Waals surface area contributed by atoms with Gasteiger partial charge in [0.2, 0.25) is 0 Å². The molecular formula is C13H21BrN2O2S. The minimum absolute atomic E-state index is 0.0700. The van der Waals surface area contributed by atoms with Crippen LogP contribution in [-0.4, -0.2) is 23.7 Å². The van der Waals surface area contributed by atoms with Crippen molar-refractivity contribution in [3.05, 3.63) is 20.6 Å². The molecule has 0 saturated heterocycles. The molecular weight excluding hydrogens is 328 g/mol. The van der Waals surface area contributed by atoms with Crippen LogP contribution in [0.2, 0.25) is 0 Å². The molecule has 0 aliphatic rings. The van der Waals surface area contributed by atoms with Gasteiger partial charge in [-0.3, -0.25) is 0 Å². The largest absolute Gasteiger partial charge is 0.378 e. The Labute approximate surface area is 128 Å². The van der Waals surface area contributed by atoms with Crippen LogP contribution in [0, 0.1) is 10.1 Å². The minimum Gasteiger partial charge on any atom is -0.378 e. The van der Waals surface area contributed by atoms with Crippen molar-refractivity contribution in [1.82, 2.24) is 9.97 Å². The van der Waals surface area contributed by atoms with Crippen LogP contribution in [0.3, 0.4) is 0 Å². The maximum Gasteiger partial charge on any atom is 0.144 e. The Bertz CT molecular complexity index is 483. The van der Waals surface area contributed by atoms with E-state index in [0.717, 1.165) is 16.0 Å². The number of H-pyrrole nitrogens is 1. The molecule has 1 N–H and O–H groups in total. The van der Waals surface area contributed by atoms with Crippen LogP contribution in [-0.2, 0) is 16.1 Å². The second-order valence-corrected chi connectivity index (χ2v) is 6.53. The van der Waals surface area contributed by atoms with Crippen molar-refractivity contribution in [2.45, 2.75) is 40.4 Å². The smallest absolute Gasteiger partial charge is 0.144 e. The first-order chi connectivity index (χ1) is 8.81. The summed E-state index contributed by atoms with van der Waals surface area (Å²) in [5.74, 6) is 0.745. The van der Waals surface area contributed by atoms with E-state index in [1.165, 1.54) is 0 Å². The van der Waals surface area contributed by atoms with Crippen molar-refractivity contribution in [2.75, 3.05) is 13.7 Å². The number of rotatable bonds is 5. The van der Waals surface area contributed by atoms with E-state index in [0.29, 0.717) is 17.9 Å². The molecule has 19 heavy (non-hydrogen) atoms. The molecule has 6 heteroatoms. The molecule has 4 nitrogen and oxygen atoms in total. The van der Waals surface area contributed by atoms with E-state index in [2.05, 4.69) is 46.7 Å². The van der Waals surface area contributed by atoms with E-state index in [1.54, 1.807) is 7.11 Å². The molecule has 0 bridgehead atoms. The van der Waals surface area contributed by atoms with Gasteiger partial charge in [-0.25, -0.2) is 4.98 Å². The first-order valence-corrected chi connectivity index (χ1v) is 7.40. The summed E-state index contributed by atoms with van der Waals surface area (Å²) in [5.41, 5.74) is 0.811. The minimum atomic E-state index is -0.136. The summed E-state index contributed by atoms with van der Waals surface area (Å²) in [6.07, 6.45) is -0.136. The zero-order valence-electron chi connectivity index (χ0n) is 12.0. The average molecular weight is 349 g/mol. The number of halogens is 1. The summed E-state index contributed by atoms with van der Waals surface area (Å²) in [6.45, 7) is 9.39. The molecule has 1 aromatic heterocycles. The van der Waals surface area contributed by atoms with Gasteiger partial charge < -0.3 is 14.5 Å². The zero-order chi connectivity index (χ0) is 14.6. The Balaban J connectivity index is 3.28. The first-order valence-electron chi connectivity index (χ1n) is 6.20. The highest BCUT2D eigenvalue weighted by Crippen LogP contribution is 2.35. The fraction of sp³-hybridized carbons (Fsp3) is 0.692. The van der Waals surface area contributed by atoms with Gasteiger partial charge in [0, 0.05) is 13.7 Å². The van der Waals surface area contributed by atoms with Gasteiger partial charge in [-0.05, 0) is 28.3 Å². The summed E-state index contributed by atoms with van der Waals surface area (Å²) in [4.78, 5) is 7.70. The number of aromatic nitrogens is 2. The van der Waals surface area contributed by atoms with Gasteiger partial charge in [0.15, 0.2) is 0 Å². The van der Waals surface area contributed by atoms with Crippen LogP contribution in [0.25, 0.3) is 0 Å². The Morgan fingerprint density at radius 3 is 2.53 bits per heavy atom. The van der Waals surface area contributed by atoms with Gasteiger partial charge in [-0.1, -0.05) is 33.0 Å². The van der Waals surface area contributed by atoms with Crippen molar-refractivity contribution in [3.63, 3.8) is 0 Å². The monoisotopic (exact) mass is 348 g/mol. The summed E-state index contributed by atoms with van der Waals surface area (Å²) < 4.78 is 12.3. The summed E-state index contributed by atoms with van der Waals surface area (Å²) in [7, 11) is 1.65. The van der Waals surface area contributed by atoms with E-state index in [1.807, 2.05) is 6.92 Å². The summed E-state index contributed by atoms with van der Waals surface area (Å²) >= 11 is 8.71. The Morgan fingerprint density at radius 1 is 1.42 bits per heavy atom. The third-order valence-corrected chi connectivity index (χ3v) is 4.02. The maximum atomic E-state index is 5.82. The first kappa shape index (κ1) is 16.8. The van der Waals surface area contributed by atoms with E-state index in [-0.39, 0.29) is 11.5 Å². The number of aromatic amines is 1. The molecule has 1 rings (SSSR count). The molecule has 0 spiro atoms. The lowest BCUT2D eigenvalue weighted by Crippen LogP contribution is -2.24. The Morgan fingerprint density at radius 2 is 2.05 bits per heavy atom.